The quantitative estimate of drug-likeness (QED) is 0.409. The summed E-state index contributed by atoms with van der Waals surface area (Å²) in [7, 11) is 0. The van der Waals surface area contributed by atoms with Gasteiger partial charge in [-0.25, -0.2) is 13.8 Å². The van der Waals surface area contributed by atoms with Crippen LogP contribution in [0.2, 0.25) is 0 Å². The Bertz CT molecular complexity index is 1480. The normalized spacial score (nSPS) is 22.3. The summed E-state index contributed by atoms with van der Waals surface area (Å²) in [5.41, 5.74) is 3.29. The molecule has 1 aromatic carbocycles. The van der Waals surface area contributed by atoms with Crippen LogP contribution in [0, 0.1) is 17.0 Å². The molecule has 2 N–H and O–H groups in total. The van der Waals surface area contributed by atoms with Gasteiger partial charge in [0.2, 0.25) is 0 Å². The van der Waals surface area contributed by atoms with Crippen LogP contribution >= 0.6 is 0 Å². The van der Waals surface area contributed by atoms with Gasteiger partial charge in [-0.05, 0) is 60.1 Å². The molecule has 190 valence electrons. The Morgan fingerprint density at radius 1 is 1.05 bits per heavy atom. The average Bonchev–Trinajstić information content (AvgIpc) is 3.51. The molecule has 3 heterocycles. The van der Waals surface area contributed by atoms with Gasteiger partial charge >= 0.3 is 0 Å². The fourth-order valence-electron chi connectivity index (χ4n) is 6.47. The maximum Gasteiger partial charge on any atom is 0.135 e. The van der Waals surface area contributed by atoms with Gasteiger partial charge in [0.25, 0.3) is 0 Å². The third-order valence-electron chi connectivity index (χ3n) is 8.32. The highest BCUT2D eigenvalue weighted by molar-refractivity contribution is 5.64. The molecule has 0 radical (unpaired) electrons. The van der Waals surface area contributed by atoms with Gasteiger partial charge in [-0.3, -0.25) is 4.98 Å². The molecule has 0 aliphatic heterocycles. The van der Waals surface area contributed by atoms with E-state index in [1.807, 2.05) is 18.2 Å². The summed E-state index contributed by atoms with van der Waals surface area (Å²) in [4.78, 5) is 9.49. The molecule has 0 amide bonds. The first-order valence-electron chi connectivity index (χ1n) is 12.4. The van der Waals surface area contributed by atoms with E-state index in [4.69, 9.17) is 10.1 Å². The third kappa shape index (κ3) is 3.44. The Morgan fingerprint density at radius 2 is 1.81 bits per heavy atom. The van der Waals surface area contributed by atoms with Gasteiger partial charge in [0, 0.05) is 6.20 Å². The van der Waals surface area contributed by atoms with E-state index >= 15 is 0 Å². The minimum absolute atomic E-state index is 0.149. The summed E-state index contributed by atoms with van der Waals surface area (Å²) in [6.07, 6.45) is 4.28. The van der Waals surface area contributed by atoms with Crippen LogP contribution in [0.5, 0.6) is 0 Å². The molecule has 37 heavy (non-hydrogen) atoms. The molecule has 9 heteroatoms. The first-order chi connectivity index (χ1) is 17.8. The van der Waals surface area contributed by atoms with Crippen molar-refractivity contribution in [1.82, 2.24) is 24.7 Å². The second-order valence-electron chi connectivity index (χ2n) is 10.5. The minimum atomic E-state index is -0.868. The zero-order valence-electron chi connectivity index (χ0n) is 20.6. The number of hydrogen-bond donors (Lipinski definition) is 2. The van der Waals surface area contributed by atoms with Gasteiger partial charge in [0.1, 0.15) is 17.3 Å². The summed E-state index contributed by atoms with van der Waals surface area (Å²) in [5, 5.41) is 27.8. The Hall–Kier alpha value is -3.56. The molecular formula is C28H27F2N5O2. The first kappa shape index (κ1) is 23.8. The molecule has 1 saturated carbocycles. The largest absolute Gasteiger partial charge is 0.394 e. The maximum atomic E-state index is 14.5. The second-order valence-corrected chi connectivity index (χ2v) is 10.5. The molecule has 0 saturated heterocycles. The lowest BCUT2D eigenvalue weighted by Gasteiger charge is -2.37. The molecule has 4 aromatic rings. The standard InChI is InChI=1S/C28H27F2N5O2/c1-27(2)18-9-10-28(27,26-17(18)11-22(33-34-26)25-19(29)5-3-6-20(25)30)24-8-4-7-21(32-24)23-13-35(15-31-23)12-16(37)14-36/h3-8,11,13,15-16,18,36-37H,9-10,12,14H2,1-2H3/t16-,18+,28+/m1/s1. The Labute approximate surface area is 212 Å². The number of hydrogen-bond acceptors (Lipinski definition) is 6. The van der Waals surface area contributed by atoms with Crippen LogP contribution in [-0.4, -0.2) is 47.7 Å². The number of aliphatic hydroxyl groups is 2. The van der Waals surface area contributed by atoms with E-state index in [1.54, 1.807) is 23.2 Å². The monoisotopic (exact) mass is 503 g/mol. The summed E-state index contributed by atoms with van der Waals surface area (Å²) in [6, 6.07) is 11.4. The van der Waals surface area contributed by atoms with Crippen LogP contribution in [0.15, 0.2) is 55.0 Å². The molecule has 3 aromatic heterocycles. The van der Waals surface area contributed by atoms with Crippen LogP contribution in [0.4, 0.5) is 8.78 Å². The van der Waals surface area contributed by atoms with Crippen LogP contribution < -0.4 is 0 Å². The SMILES string of the molecule is CC1(C)[C@H]2CC[C@]1(c1cccc(-c3cn(C[C@@H](O)CO)cn3)n1)c1nnc(-c3c(F)cccc3F)cc12. The number of nitrogens with zero attached hydrogens (tertiary/aromatic N) is 5. The highest BCUT2D eigenvalue weighted by Gasteiger charge is 2.65. The minimum Gasteiger partial charge on any atom is -0.394 e. The molecule has 2 bridgehead atoms. The van der Waals surface area contributed by atoms with E-state index < -0.39 is 23.2 Å². The lowest BCUT2D eigenvalue weighted by molar-refractivity contribution is 0.0812. The highest BCUT2D eigenvalue weighted by Crippen LogP contribution is 2.69. The van der Waals surface area contributed by atoms with Gasteiger partial charge in [-0.2, -0.15) is 5.10 Å². The third-order valence-corrected chi connectivity index (χ3v) is 8.32. The van der Waals surface area contributed by atoms with Gasteiger partial charge in [0.05, 0.1) is 59.3 Å². The van der Waals surface area contributed by atoms with Gasteiger partial charge in [-0.15, -0.1) is 5.10 Å². The van der Waals surface area contributed by atoms with E-state index in [0.29, 0.717) is 11.4 Å². The lowest BCUT2D eigenvalue weighted by Crippen LogP contribution is -2.37. The fraction of sp³-hybridized carbons (Fsp3) is 0.357. The zero-order chi connectivity index (χ0) is 25.9. The van der Waals surface area contributed by atoms with E-state index in [-0.39, 0.29) is 35.7 Å². The Balaban J connectivity index is 1.43. The van der Waals surface area contributed by atoms with Crippen LogP contribution in [-0.2, 0) is 12.0 Å². The van der Waals surface area contributed by atoms with Gasteiger partial charge < -0.3 is 14.8 Å². The maximum absolute atomic E-state index is 14.5. The number of pyridine rings is 1. The van der Waals surface area contributed by atoms with Crippen molar-refractivity contribution in [1.29, 1.82) is 0 Å². The Kier molecular flexibility index (Phi) is 5.47. The smallest absolute Gasteiger partial charge is 0.135 e. The van der Waals surface area contributed by atoms with Crippen LogP contribution in [0.3, 0.4) is 0 Å². The number of benzene rings is 1. The summed E-state index contributed by atoms with van der Waals surface area (Å²) >= 11 is 0. The van der Waals surface area contributed by atoms with E-state index in [0.717, 1.165) is 29.8 Å². The van der Waals surface area contributed by atoms with Crippen molar-refractivity contribution in [2.24, 2.45) is 5.41 Å². The molecule has 2 aliphatic rings. The summed E-state index contributed by atoms with van der Waals surface area (Å²) in [6.45, 7) is 4.31. The van der Waals surface area contributed by atoms with Gasteiger partial charge in [0.15, 0.2) is 0 Å². The van der Waals surface area contributed by atoms with E-state index in [1.165, 1.54) is 18.2 Å². The molecular weight excluding hydrogens is 476 g/mol. The summed E-state index contributed by atoms with van der Waals surface area (Å²) in [5.74, 6) is -1.17. The highest BCUT2D eigenvalue weighted by atomic mass is 19.1. The molecule has 1 fully saturated rings. The number of halogens is 2. The first-order valence-corrected chi connectivity index (χ1v) is 12.4. The fourth-order valence-corrected chi connectivity index (χ4v) is 6.47. The topological polar surface area (TPSA) is 97.0 Å². The molecule has 0 spiro atoms. The zero-order valence-corrected chi connectivity index (χ0v) is 20.6. The van der Waals surface area contributed by atoms with Crippen LogP contribution in [0.1, 0.15) is 49.6 Å². The number of rotatable bonds is 6. The predicted molar refractivity (Wildman–Crippen MR) is 132 cm³/mol. The van der Waals surface area contributed by atoms with Gasteiger partial charge in [-0.1, -0.05) is 26.0 Å². The Morgan fingerprint density at radius 3 is 2.57 bits per heavy atom. The predicted octanol–water partition coefficient (Wildman–Crippen LogP) is 4.24. The number of aromatic nitrogens is 5. The number of fused-ring (bicyclic) bond motifs is 5. The van der Waals surface area contributed by atoms with Crippen molar-refractivity contribution in [3.63, 3.8) is 0 Å². The van der Waals surface area contributed by atoms with Crippen molar-refractivity contribution in [2.45, 2.75) is 50.7 Å². The molecule has 2 aliphatic carbocycles. The van der Waals surface area contributed by atoms with Crippen molar-refractivity contribution in [3.05, 3.63) is 83.6 Å². The van der Waals surface area contributed by atoms with Crippen molar-refractivity contribution >= 4 is 0 Å². The summed E-state index contributed by atoms with van der Waals surface area (Å²) < 4.78 is 30.7. The molecule has 6 rings (SSSR count). The van der Waals surface area contributed by atoms with Crippen molar-refractivity contribution in [3.8, 4) is 22.6 Å². The molecule has 0 unspecified atom stereocenters. The number of imidazole rings is 1. The molecule has 7 nitrogen and oxygen atoms in total. The average molecular weight is 504 g/mol. The molecule has 3 atom stereocenters. The number of aliphatic hydroxyl groups excluding tert-OH is 2. The van der Waals surface area contributed by atoms with Crippen LogP contribution in [0.25, 0.3) is 22.6 Å². The lowest BCUT2D eigenvalue weighted by atomic mass is 9.66. The van der Waals surface area contributed by atoms with E-state index in [2.05, 4.69) is 29.0 Å². The van der Waals surface area contributed by atoms with Crippen molar-refractivity contribution in [2.75, 3.05) is 6.61 Å². The van der Waals surface area contributed by atoms with Crippen molar-refractivity contribution < 1.29 is 19.0 Å². The second kappa shape index (κ2) is 8.49. The van der Waals surface area contributed by atoms with E-state index in [9.17, 15) is 13.9 Å².